The van der Waals surface area contributed by atoms with E-state index in [2.05, 4.69) is 5.32 Å². The fourth-order valence-corrected chi connectivity index (χ4v) is 4.30. The van der Waals surface area contributed by atoms with Gasteiger partial charge in [-0.05, 0) is 68.0 Å². The molecule has 0 aliphatic heterocycles. The predicted octanol–water partition coefficient (Wildman–Crippen LogP) is 4.56. The number of benzene rings is 2. The van der Waals surface area contributed by atoms with Gasteiger partial charge in [0.15, 0.2) is 6.61 Å². The molecule has 1 aliphatic rings. The first-order valence-corrected chi connectivity index (χ1v) is 11.8. The molecule has 2 aromatic rings. The van der Waals surface area contributed by atoms with E-state index in [0.29, 0.717) is 18.7 Å². The topological polar surface area (TPSA) is 67.9 Å². The van der Waals surface area contributed by atoms with Crippen molar-refractivity contribution in [1.82, 2.24) is 10.2 Å². The Morgan fingerprint density at radius 1 is 1.09 bits per heavy atom. The minimum atomic E-state index is -0.553. The molecule has 1 saturated carbocycles. The third kappa shape index (κ3) is 6.73. The average Bonchev–Trinajstić information content (AvgIpc) is 3.32. The van der Waals surface area contributed by atoms with Crippen molar-refractivity contribution in [2.75, 3.05) is 13.7 Å². The summed E-state index contributed by atoms with van der Waals surface area (Å²) in [6, 6.07) is 13.2. The van der Waals surface area contributed by atoms with Crippen LogP contribution in [-0.4, -0.2) is 42.5 Å². The molecular weight excluding hydrogens is 416 g/mol. The summed E-state index contributed by atoms with van der Waals surface area (Å²) in [5.41, 5.74) is 2.98. The standard InChI is InChI=1S/C27H36N2O4/c1-5-24(27(31)28-22-8-6-7-9-22)29(17-21-12-14-23(32-4)15-13-21)26(30)18-33-25-16-19(2)10-11-20(25)3/h10-16,22,24H,5-9,17-18H2,1-4H3,(H,28,31). The van der Waals surface area contributed by atoms with Crippen LogP contribution in [0, 0.1) is 13.8 Å². The monoisotopic (exact) mass is 452 g/mol. The minimum Gasteiger partial charge on any atom is -0.497 e. The Balaban J connectivity index is 1.78. The third-order valence-electron chi connectivity index (χ3n) is 6.29. The highest BCUT2D eigenvalue weighted by atomic mass is 16.5. The van der Waals surface area contributed by atoms with Crippen molar-refractivity contribution >= 4 is 11.8 Å². The van der Waals surface area contributed by atoms with Gasteiger partial charge in [0.2, 0.25) is 5.91 Å². The number of nitrogens with zero attached hydrogens (tertiary/aromatic N) is 1. The highest BCUT2D eigenvalue weighted by molar-refractivity contribution is 5.88. The first kappa shape index (κ1) is 24.6. The van der Waals surface area contributed by atoms with Crippen molar-refractivity contribution in [3.63, 3.8) is 0 Å². The van der Waals surface area contributed by atoms with E-state index in [0.717, 1.165) is 48.1 Å². The van der Waals surface area contributed by atoms with Gasteiger partial charge in [-0.15, -0.1) is 0 Å². The average molecular weight is 453 g/mol. The van der Waals surface area contributed by atoms with E-state index < -0.39 is 6.04 Å². The summed E-state index contributed by atoms with van der Waals surface area (Å²) in [6.07, 6.45) is 4.82. The second-order valence-corrected chi connectivity index (χ2v) is 8.84. The lowest BCUT2D eigenvalue weighted by Gasteiger charge is -2.31. The Labute approximate surface area is 197 Å². The van der Waals surface area contributed by atoms with Gasteiger partial charge in [-0.1, -0.05) is 44.0 Å². The van der Waals surface area contributed by atoms with E-state index in [1.54, 1.807) is 12.0 Å². The Hall–Kier alpha value is -3.02. The van der Waals surface area contributed by atoms with E-state index >= 15 is 0 Å². The second-order valence-electron chi connectivity index (χ2n) is 8.84. The number of nitrogens with one attached hydrogen (secondary N) is 1. The summed E-state index contributed by atoms with van der Waals surface area (Å²) >= 11 is 0. The minimum absolute atomic E-state index is 0.0852. The summed E-state index contributed by atoms with van der Waals surface area (Å²) in [4.78, 5) is 28.2. The predicted molar refractivity (Wildman–Crippen MR) is 129 cm³/mol. The van der Waals surface area contributed by atoms with E-state index in [9.17, 15) is 9.59 Å². The first-order valence-electron chi connectivity index (χ1n) is 11.8. The number of rotatable bonds is 10. The van der Waals surface area contributed by atoms with Crippen LogP contribution in [0.2, 0.25) is 0 Å². The highest BCUT2D eigenvalue weighted by Crippen LogP contribution is 2.22. The molecule has 3 rings (SSSR count). The van der Waals surface area contributed by atoms with Crippen molar-refractivity contribution in [3.05, 3.63) is 59.2 Å². The summed E-state index contributed by atoms with van der Waals surface area (Å²) in [7, 11) is 1.62. The highest BCUT2D eigenvalue weighted by Gasteiger charge is 2.31. The molecule has 178 valence electrons. The molecule has 2 amide bonds. The molecule has 0 heterocycles. The number of ether oxygens (including phenoxy) is 2. The molecule has 6 heteroatoms. The van der Waals surface area contributed by atoms with E-state index in [-0.39, 0.29) is 24.5 Å². The van der Waals surface area contributed by atoms with Crippen LogP contribution in [-0.2, 0) is 16.1 Å². The number of carbonyl (C=O) groups is 2. The molecule has 33 heavy (non-hydrogen) atoms. The summed E-state index contributed by atoms with van der Waals surface area (Å²) in [6.45, 7) is 6.10. The van der Waals surface area contributed by atoms with Gasteiger partial charge in [0.05, 0.1) is 7.11 Å². The van der Waals surface area contributed by atoms with Crippen LogP contribution in [0.1, 0.15) is 55.7 Å². The molecule has 0 aromatic heterocycles. The zero-order valence-corrected chi connectivity index (χ0v) is 20.2. The van der Waals surface area contributed by atoms with E-state index in [1.165, 1.54) is 0 Å². The maximum absolute atomic E-state index is 13.4. The maximum atomic E-state index is 13.4. The Kier molecular flexibility index (Phi) is 8.75. The first-order chi connectivity index (χ1) is 15.9. The Morgan fingerprint density at radius 3 is 2.42 bits per heavy atom. The van der Waals surface area contributed by atoms with Crippen LogP contribution in [0.15, 0.2) is 42.5 Å². The molecule has 1 aliphatic carbocycles. The largest absolute Gasteiger partial charge is 0.497 e. The number of hydrogen-bond donors (Lipinski definition) is 1. The van der Waals surface area contributed by atoms with Gasteiger partial charge in [0.1, 0.15) is 17.5 Å². The van der Waals surface area contributed by atoms with Crippen molar-refractivity contribution in [2.24, 2.45) is 0 Å². The lowest BCUT2D eigenvalue weighted by Crippen LogP contribution is -2.52. The van der Waals surface area contributed by atoms with Gasteiger partial charge in [-0.3, -0.25) is 9.59 Å². The molecule has 0 spiro atoms. The molecule has 0 saturated heterocycles. The smallest absolute Gasteiger partial charge is 0.261 e. The van der Waals surface area contributed by atoms with Crippen LogP contribution < -0.4 is 14.8 Å². The van der Waals surface area contributed by atoms with Gasteiger partial charge >= 0.3 is 0 Å². The summed E-state index contributed by atoms with van der Waals surface area (Å²) in [5, 5.41) is 3.17. The maximum Gasteiger partial charge on any atom is 0.261 e. The van der Waals surface area contributed by atoms with Gasteiger partial charge in [0, 0.05) is 12.6 Å². The zero-order valence-electron chi connectivity index (χ0n) is 20.2. The molecule has 0 radical (unpaired) electrons. The van der Waals surface area contributed by atoms with Crippen LogP contribution in [0.3, 0.4) is 0 Å². The van der Waals surface area contributed by atoms with Gasteiger partial charge in [-0.2, -0.15) is 0 Å². The van der Waals surface area contributed by atoms with Gasteiger partial charge in [0.25, 0.3) is 5.91 Å². The fourth-order valence-electron chi connectivity index (χ4n) is 4.30. The fraction of sp³-hybridized carbons (Fsp3) is 0.481. The number of methoxy groups -OCH3 is 1. The molecule has 1 fully saturated rings. The number of amides is 2. The van der Waals surface area contributed by atoms with E-state index in [1.807, 2.05) is 63.2 Å². The molecular formula is C27H36N2O4. The summed E-state index contributed by atoms with van der Waals surface area (Å²) in [5.74, 6) is 1.15. The quantitative estimate of drug-likeness (QED) is 0.574. The number of carbonyl (C=O) groups excluding carboxylic acids is 2. The van der Waals surface area contributed by atoms with Gasteiger partial charge in [-0.25, -0.2) is 0 Å². The van der Waals surface area contributed by atoms with Crippen LogP contribution in [0.4, 0.5) is 0 Å². The SMILES string of the molecule is CCC(C(=O)NC1CCCC1)N(Cc1ccc(OC)cc1)C(=O)COc1cc(C)ccc1C. The third-order valence-corrected chi connectivity index (χ3v) is 6.29. The van der Waals surface area contributed by atoms with E-state index in [4.69, 9.17) is 9.47 Å². The second kappa shape index (κ2) is 11.7. The normalized spacial score (nSPS) is 14.5. The van der Waals surface area contributed by atoms with Crippen molar-refractivity contribution in [1.29, 1.82) is 0 Å². The van der Waals surface area contributed by atoms with Crippen LogP contribution in [0.25, 0.3) is 0 Å². The Bertz CT molecular complexity index is 936. The molecule has 0 bridgehead atoms. The van der Waals surface area contributed by atoms with Crippen molar-refractivity contribution in [2.45, 2.75) is 71.5 Å². The molecule has 6 nitrogen and oxygen atoms in total. The molecule has 1 atom stereocenters. The van der Waals surface area contributed by atoms with Crippen LogP contribution >= 0.6 is 0 Å². The summed E-state index contributed by atoms with van der Waals surface area (Å²) < 4.78 is 11.1. The van der Waals surface area contributed by atoms with Crippen molar-refractivity contribution < 1.29 is 19.1 Å². The lowest BCUT2D eigenvalue weighted by molar-refractivity contribution is -0.143. The molecule has 1 unspecified atom stereocenters. The Morgan fingerprint density at radius 2 is 1.79 bits per heavy atom. The molecule has 2 aromatic carbocycles. The zero-order chi connectivity index (χ0) is 23.8. The number of hydrogen-bond acceptors (Lipinski definition) is 4. The number of aryl methyl sites for hydroxylation is 2. The lowest BCUT2D eigenvalue weighted by atomic mass is 10.1. The van der Waals surface area contributed by atoms with Crippen molar-refractivity contribution in [3.8, 4) is 11.5 Å². The van der Waals surface area contributed by atoms with Crippen LogP contribution in [0.5, 0.6) is 11.5 Å². The molecule has 1 N–H and O–H groups in total. The van der Waals surface area contributed by atoms with Gasteiger partial charge < -0.3 is 19.7 Å².